The highest BCUT2D eigenvalue weighted by Gasteiger charge is 2.22. The van der Waals surface area contributed by atoms with Crippen LogP contribution in [0.25, 0.3) is 11.1 Å². The summed E-state index contributed by atoms with van der Waals surface area (Å²) in [4.78, 5) is 4.67. The molecule has 2 heteroatoms. The number of oxazole rings is 1. The summed E-state index contributed by atoms with van der Waals surface area (Å²) in [6.45, 7) is 2.21. The van der Waals surface area contributed by atoms with Crippen molar-refractivity contribution in [3.05, 3.63) is 29.7 Å². The van der Waals surface area contributed by atoms with E-state index in [9.17, 15) is 0 Å². The molecule has 2 nitrogen and oxygen atoms in total. The minimum Gasteiger partial charge on any atom is -0.440 e. The summed E-state index contributed by atoms with van der Waals surface area (Å²) in [5, 5.41) is 0. The standard InChI is InChI=1S/C15H19NO/c1-2-5-11-8-9-14-13(10-11)16-15(17-14)12-6-3-4-7-12/h8-10,12H,2-7H2,1H3. The lowest BCUT2D eigenvalue weighted by Gasteiger charge is -2.00. The Bertz CT molecular complexity index is 509. The summed E-state index contributed by atoms with van der Waals surface area (Å²) in [7, 11) is 0. The highest BCUT2D eigenvalue weighted by molar-refractivity contribution is 5.73. The molecule has 1 heterocycles. The molecule has 1 aromatic heterocycles. The fourth-order valence-electron chi connectivity index (χ4n) is 2.78. The molecular formula is C15H19NO. The first-order valence-electron chi connectivity index (χ1n) is 6.76. The highest BCUT2D eigenvalue weighted by Crippen LogP contribution is 2.35. The lowest BCUT2D eigenvalue weighted by molar-refractivity contribution is 0.474. The van der Waals surface area contributed by atoms with Crippen molar-refractivity contribution in [2.24, 2.45) is 0 Å². The van der Waals surface area contributed by atoms with Gasteiger partial charge in [-0.15, -0.1) is 0 Å². The van der Waals surface area contributed by atoms with Crippen molar-refractivity contribution >= 4 is 11.1 Å². The Morgan fingerprint density at radius 1 is 1.29 bits per heavy atom. The van der Waals surface area contributed by atoms with Crippen LogP contribution in [0.5, 0.6) is 0 Å². The van der Waals surface area contributed by atoms with Crippen LogP contribution in [-0.2, 0) is 6.42 Å². The first-order valence-corrected chi connectivity index (χ1v) is 6.76. The van der Waals surface area contributed by atoms with Crippen molar-refractivity contribution in [3.63, 3.8) is 0 Å². The summed E-state index contributed by atoms with van der Waals surface area (Å²) < 4.78 is 5.87. The number of aryl methyl sites for hydroxylation is 1. The molecule has 1 fully saturated rings. The number of rotatable bonds is 3. The van der Waals surface area contributed by atoms with E-state index in [1.807, 2.05) is 0 Å². The second kappa shape index (κ2) is 4.52. The van der Waals surface area contributed by atoms with Gasteiger partial charge in [0.05, 0.1) is 0 Å². The van der Waals surface area contributed by atoms with Gasteiger partial charge in [-0.25, -0.2) is 4.98 Å². The fraction of sp³-hybridized carbons (Fsp3) is 0.533. The second-order valence-corrected chi connectivity index (χ2v) is 5.09. The fourth-order valence-corrected chi connectivity index (χ4v) is 2.78. The summed E-state index contributed by atoms with van der Waals surface area (Å²) in [5.74, 6) is 1.53. The molecule has 1 aliphatic carbocycles. The van der Waals surface area contributed by atoms with E-state index in [1.165, 1.54) is 37.7 Å². The molecule has 0 aliphatic heterocycles. The number of benzene rings is 1. The SMILES string of the molecule is CCCc1ccc2oc(C3CCCC3)nc2c1. The minimum absolute atomic E-state index is 0.567. The predicted octanol–water partition coefficient (Wildman–Crippen LogP) is 4.44. The van der Waals surface area contributed by atoms with E-state index in [4.69, 9.17) is 4.42 Å². The van der Waals surface area contributed by atoms with Gasteiger partial charge in [0.1, 0.15) is 5.52 Å². The van der Waals surface area contributed by atoms with Gasteiger partial charge in [0.25, 0.3) is 0 Å². The largest absolute Gasteiger partial charge is 0.440 e. The van der Waals surface area contributed by atoms with Crippen molar-refractivity contribution in [1.82, 2.24) is 4.98 Å². The summed E-state index contributed by atoms with van der Waals surface area (Å²) in [6, 6.07) is 6.42. The number of hydrogen-bond acceptors (Lipinski definition) is 2. The Morgan fingerprint density at radius 3 is 2.88 bits per heavy atom. The molecule has 0 atom stereocenters. The third kappa shape index (κ3) is 2.08. The first-order chi connectivity index (χ1) is 8.36. The van der Waals surface area contributed by atoms with Gasteiger partial charge in [-0.05, 0) is 37.0 Å². The average Bonchev–Trinajstić information content (AvgIpc) is 2.97. The van der Waals surface area contributed by atoms with Gasteiger partial charge in [0.15, 0.2) is 11.5 Å². The Morgan fingerprint density at radius 2 is 2.12 bits per heavy atom. The molecule has 1 aliphatic rings. The van der Waals surface area contributed by atoms with Crippen LogP contribution in [0.3, 0.4) is 0 Å². The van der Waals surface area contributed by atoms with E-state index in [-0.39, 0.29) is 0 Å². The van der Waals surface area contributed by atoms with Crippen LogP contribution in [0.15, 0.2) is 22.6 Å². The Balaban J connectivity index is 1.94. The maximum Gasteiger partial charge on any atom is 0.198 e. The molecule has 1 saturated carbocycles. The smallest absolute Gasteiger partial charge is 0.198 e. The first kappa shape index (κ1) is 10.8. The molecule has 17 heavy (non-hydrogen) atoms. The molecule has 0 saturated heterocycles. The van der Waals surface area contributed by atoms with Gasteiger partial charge in [0, 0.05) is 5.92 Å². The molecular weight excluding hydrogens is 210 g/mol. The minimum atomic E-state index is 0.567. The van der Waals surface area contributed by atoms with Crippen molar-refractivity contribution in [3.8, 4) is 0 Å². The number of fused-ring (bicyclic) bond motifs is 1. The van der Waals surface area contributed by atoms with Crippen LogP contribution in [0.1, 0.15) is 56.4 Å². The molecule has 0 bridgehead atoms. The molecule has 0 amide bonds. The quantitative estimate of drug-likeness (QED) is 0.777. The summed E-state index contributed by atoms with van der Waals surface area (Å²) in [6.07, 6.45) is 7.44. The number of aromatic nitrogens is 1. The maximum atomic E-state index is 5.87. The van der Waals surface area contributed by atoms with Crippen molar-refractivity contribution in [2.45, 2.75) is 51.4 Å². The van der Waals surface area contributed by atoms with Gasteiger partial charge in [-0.3, -0.25) is 0 Å². The molecule has 0 N–H and O–H groups in total. The zero-order chi connectivity index (χ0) is 11.7. The zero-order valence-electron chi connectivity index (χ0n) is 10.4. The molecule has 1 aromatic carbocycles. The molecule has 2 aromatic rings. The molecule has 0 unspecified atom stereocenters. The van der Waals surface area contributed by atoms with Gasteiger partial charge >= 0.3 is 0 Å². The summed E-state index contributed by atoms with van der Waals surface area (Å²) >= 11 is 0. The van der Waals surface area contributed by atoms with E-state index >= 15 is 0 Å². The van der Waals surface area contributed by atoms with Crippen LogP contribution in [0, 0.1) is 0 Å². The molecule has 3 rings (SSSR count). The second-order valence-electron chi connectivity index (χ2n) is 5.09. The maximum absolute atomic E-state index is 5.87. The highest BCUT2D eigenvalue weighted by atomic mass is 16.3. The van der Waals surface area contributed by atoms with Crippen molar-refractivity contribution < 1.29 is 4.42 Å². The normalized spacial score (nSPS) is 17.0. The lowest BCUT2D eigenvalue weighted by Crippen LogP contribution is -1.91. The lowest BCUT2D eigenvalue weighted by atomic mass is 10.1. The van der Waals surface area contributed by atoms with E-state index in [2.05, 4.69) is 30.1 Å². The Hall–Kier alpha value is -1.31. The van der Waals surface area contributed by atoms with Gasteiger partial charge in [0.2, 0.25) is 0 Å². The average molecular weight is 229 g/mol. The van der Waals surface area contributed by atoms with Gasteiger partial charge in [-0.2, -0.15) is 0 Å². The Kier molecular flexibility index (Phi) is 2.87. The number of hydrogen-bond donors (Lipinski definition) is 0. The third-order valence-electron chi connectivity index (χ3n) is 3.71. The van der Waals surface area contributed by atoms with Crippen LogP contribution in [0.4, 0.5) is 0 Å². The molecule has 0 spiro atoms. The monoisotopic (exact) mass is 229 g/mol. The summed E-state index contributed by atoms with van der Waals surface area (Å²) in [5.41, 5.74) is 3.36. The number of nitrogens with zero attached hydrogens (tertiary/aromatic N) is 1. The van der Waals surface area contributed by atoms with Crippen molar-refractivity contribution in [2.75, 3.05) is 0 Å². The van der Waals surface area contributed by atoms with Gasteiger partial charge in [-0.1, -0.05) is 32.3 Å². The topological polar surface area (TPSA) is 26.0 Å². The van der Waals surface area contributed by atoms with E-state index in [1.54, 1.807) is 0 Å². The van der Waals surface area contributed by atoms with E-state index in [0.717, 1.165) is 23.4 Å². The third-order valence-corrected chi connectivity index (χ3v) is 3.71. The van der Waals surface area contributed by atoms with Crippen LogP contribution in [0.2, 0.25) is 0 Å². The van der Waals surface area contributed by atoms with E-state index < -0.39 is 0 Å². The van der Waals surface area contributed by atoms with Crippen LogP contribution in [-0.4, -0.2) is 4.98 Å². The molecule has 0 radical (unpaired) electrons. The van der Waals surface area contributed by atoms with Crippen molar-refractivity contribution in [1.29, 1.82) is 0 Å². The Labute approximate surface area is 102 Å². The predicted molar refractivity (Wildman–Crippen MR) is 69.2 cm³/mol. The van der Waals surface area contributed by atoms with E-state index in [0.29, 0.717) is 5.92 Å². The van der Waals surface area contributed by atoms with Crippen LogP contribution >= 0.6 is 0 Å². The zero-order valence-corrected chi connectivity index (χ0v) is 10.4. The van der Waals surface area contributed by atoms with Crippen LogP contribution < -0.4 is 0 Å². The molecule has 90 valence electrons. The van der Waals surface area contributed by atoms with Gasteiger partial charge < -0.3 is 4.42 Å².